The van der Waals surface area contributed by atoms with E-state index in [1.165, 1.54) is 43.0 Å². The highest BCUT2D eigenvalue weighted by atomic mass is 16.2. The molecule has 2 aromatic heterocycles. The van der Waals surface area contributed by atoms with E-state index in [4.69, 9.17) is 0 Å². The predicted octanol–water partition coefficient (Wildman–Crippen LogP) is 0.898. The van der Waals surface area contributed by atoms with E-state index in [-0.39, 0.29) is 28.8 Å². The zero-order chi connectivity index (χ0) is 17.2. The van der Waals surface area contributed by atoms with Crippen molar-refractivity contribution in [2.75, 3.05) is 26.2 Å². The van der Waals surface area contributed by atoms with Gasteiger partial charge in [0.15, 0.2) is 0 Å². The molecule has 0 radical (unpaired) electrons. The topological polar surface area (TPSA) is 86.6 Å². The Morgan fingerprint density at radius 3 is 2.80 bits per heavy atom. The van der Waals surface area contributed by atoms with Gasteiger partial charge in [0.1, 0.15) is 11.9 Å². The molecule has 25 heavy (non-hydrogen) atoms. The van der Waals surface area contributed by atoms with Crippen molar-refractivity contribution < 1.29 is 4.79 Å². The summed E-state index contributed by atoms with van der Waals surface area (Å²) in [6, 6.07) is 0.212. The number of amides is 1. The predicted molar refractivity (Wildman–Crippen MR) is 92.6 cm³/mol. The number of carbonyl (C=O) groups excluding carboxylic acids is 1. The molecule has 2 aliphatic heterocycles. The van der Waals surface area contributed by atoms with Crippen molar-refractivity contribution in [3.8, 4) is 0 Å². The fourth-order valence-electron chi connectivity index (χ4n) is 4.01. The Morgan fingerprint density at radius 1 is 1.16 bits per heavy atom. The van der Waals surface area contributed by atoms with Crippen LogP contribution in [0.4, 0.5) is 0 Å². The zero-order valence-corrected chi connectivity index (χ0v) is 14.4. The van der Waals surface area contributed by atoms with Crippen LogP contribution in [0.2, 0.25) is 0 Å². The largest absolute Gasteiger partial charge is 0.335 e. The Balaban J connectivity index is 1.53. The van der Waals surface area contributed by atoms with Gasteiger partial charge in [0.25, 0.3) is 17.2 Å². The average molecular weight is 344 g/mol. The number of aromatic amines is 1. The molecule has 0 saturated carbocycles. The summed E-state index contributed by atoms with van der Waals surface area (Å²) in [4.78, 5) is 38.0. The summed E-state index contributed by atoms with van der Waals surface area (Å²) < 4.78 is 1.22. The summed E-state index contributed by atoms with van der Waals surface area (Å²) in [7, 11) is 0. The molecule has 0 aromatic carbocycles. The van der Waals surface area contributed by atoms with E-state index >= 15 is 0 Å². The molecule has 2 aliphatic rings. The molecule has 2 saturated heterocycles. The third kappa shape index (κ3) is 3.18. The second-order valence-electron chi connectivity index (χ2n) is 6.99. The highest BCUT2D eigenvalue weighted by Crippen LogP contribution is 2.22. The number of rotatable bonds is 4. The van der Waals surface area contributed by atoms with Crippen molar-refractivity contribution in [3.63, 3.8) is 0 Å². The van der Waals surface area contributed by atoms with E-state index in [0.29, 0.717) is 6.54 Å². The average Bonchev–Trinajstić information content (AvgIpc) is 3.32. The van der Waals surface area contributed by atoms with Gasteiger partial charge in [-0.3, -0.25) is 14.7 Å². The Bertz CT molecular complexity index is 807. The first-order valence-electron chi connectivity index (χ1n) is 9.18. The number of nitrogens with zero attached hydrogens (tertiary/aromatic N) is 5. The number of hydrogen-bond donors (Lipinski definition) is 1. The lowest BCUT2D eigenvalue weighted by Gasteiger charge is -2.36. The minimum Gasteiger partial charge on any atom is -0.335 e. The van der Waals surface area contributed by atoms with E-state index in [1.54, 1.807) is 0 Å². The first-order chi connectivity index (χ1) is 12.2. The van der Waals surface area contributed by atoms with Crippen LogP contribution in [0.15, 0.2) is 17.3 Å². The van der Waals surface area contributed by atoms with Crippen LogP contribution in [-0.2, 0) is 0 Å². The van der Waals surface area contributed by atoms with Crippen LogP contribution in [0.25, 0.3) is 5.78 Å². The number of carbonyl (C=O) groups is 1. The van der Waals surface area contributed by atoms with Crippen LogP contribution in [0.3, 0.4) is 0 Å². The zero-order valence-electron chi connectivity index (χ0n) is 14.4. The van der Waals surface area contributed by atoms with Crippen LogP contribution in [0.5, 0.6) is 0 Å². The van der Waals surface area contributed by atoms with E-state index in [2.05, 4.69) is 20.0 Å². The maximum absolute atomic E-state index is 13.0. The smallest absolute Gasteiger partial charge is 0.286 e. The van der Waals surface area contributed by atoms with Gasteiger partial charge in [-0.25, -0.2) is 9.97 Å². The summed E-state index contributed by atoms with van der Waals surface area (Å²) in [5, 5.41) is 2.71. The molecule has 134 valence electrons. The molecule has 0 bridgehead atoms. The molecule has 8 nitrogen and oxygen atoms in total. The van der Waals surface area contributed by atoms with Gasteiger partial charge in [0.2, 0.25) is 0 Å². The molecule has 2 fully saturated rings. The lowest BCUT2D eigenvalue weighted by atomic mass is 9.98. The summed E-state index contributed by atoms with van der Waals surface area (Å²) in [6.07, 6.45) is 9.45. The monoisotopic (exact) mass is 344 g/mol. The SMILES string of the molecule is O=C(c1cnc2nc[nH]n2c1=O)N1CCCCC1CCN1CCCC1. The minimum atomic E-state index is -0.378. The highest BCUT2D eigenvalue weighted by Gasteiger charge is 2.30. The first-order valence-corrected chi connectivity index (χ1v) is 9.18. The Labute approximate surface area is 145 Å². The van der Waals surface area contributed by atoms with Crippen molar-refractivity contribution in [1.82, 2.24) is 29.4 Å². The van der Waals surface area contributed by atoms with Crippen LogP contribution >= 0.6 is 0 Å². The van der Waals surface area contributed by atoms with Crippen LogP contribution in [0, 0.1) is 0 Å². The van der Waals surface area contributed by atoms with Gasteiger partial charge in [0.05, 0.1) is 0 Å². The third-order valence-electron chi connectivity index (χ3n) is 5.41. The fourth-order valence-corrected chi connectivity index (χ4v) is 4.01. The lowest BCUT2D eigenvalue weighted by molar-refractivity contribution is 0.0585. The van der Waals surface area contributed by atoms with Crippen molar-refractivity contribution in [3.05, 3.63) is 28.4 Å². The summed E-state index contributed by atoms with van der Waals surface area (Å²) in [6.45, 7) is 4.09. The number of hydrogen-bond acceptors (Lipinski definition) is 5. The normalized spacial score (nSPS) is 21.9. The van der Waals surface area contributed by atoms with Gasteiger partial charge in [-0.05, 0) is 51.6 Å². The van der Waals surface area contributed by atoms with Gasteiger partial charge >= 0.3 is 0 Å². The molecule has 0 aliphatic carbocycles. The summed E-state index contributed by atoms with van der Waals surface area (Å²) in [5.41, 5.74) is -0.258. The quantitative estimate of drug-likeness (QED) is 0.890. The first kappa shape index (κ1) is 16.3. The molecular weight excluding hydrogens is 320 g/mol. The van der Waals surface area contributed by atoms with E-state index in [9.17, 15) is 9.59 Å². The molecule has 0 spiro atoms. The summed E-state index contributed by atoms with van der Waals surface area (Å²) >= 11 is 0. The van der Waals surface area contributed by atoms with Gasteiger partial charge in [-0.2, -0.15) is 4.52 Å². The molecule has 8 heteroatoms. The standard InChI is InChI=1S/C17H24N6O2/c24-15(14-11-18-17-19-12-20-23(17)16(14)25)22-9-2-1-5-13(22)6-10-21-7-3-4-8-21/h11-13H,1-10H2,(H,18,19,20). The van der Waals surface area contributed by atoms with Crippen LogP contribution < -0.4 is 5.56 Å². The van der Waals surface area contributed by atoms with Crippen LogP contribution in [0.1, 0.15) is 48.9 Å². The number of fused-ring (bicyclic) bond motifs is 1. The molecule has 1 atom stereocenters. The molecule has 4 rings (SSSR count). The van der Waals surface area contributed by atoms with Gasteiger partial charge in [-0.15, -0.1) is 0 Å². The number of aromatic nitrogens is 4. The number of piperidine rings is 1. The van der Waals surface area contributed by atoms with Crippen molar-refractivity contribution in [2.24, 2.45) is 0 Å². The maximum atomic E-state index is 13.0. The maximum Gasteiger partial charge on any atom is 0.286 e. The highest BCUT2D eigenvalue weighted by molar-refractivity contribution is 5.94. The molecule has 4 heterocycles. The van der Waals surface area contributed by atoms with Crippen LogP contribution in [-0.4, -0.2) is 67.5 Å². The van der Waals surface area contributed by atoms with E-state index < -0.39 is 0 Å². The molecule has 1 N–H and O–H groups in total. The Kier molecular flexibility index (Phi) is 4.52. The lowest BCUT2D eigenvalue weighted by Crippen LogP contribution is -2.46. The minimum absolute atomic E-state index is 0.120. The second kappa shape index (κ2) is 6.95. The van der Waals surface area contributed by atoms with Gasteiger partial charge in [0, 0.05) is 25.3 Å². The number of H-pyrrole nitrogens is 1. The Hall–Kier alpha value is -2.22. The van der Waals surface area contributed by atoms with Gasteiger partial charge < -0.3 is 9.80 Å². The Morgan fingerprint density at radius 2 is 1.96 bits per heavy atom. The molecular formula is C17H24N6O2. The van der Waals surface area contributed by atoms with Crippen molar-refractivity contribution in [1.29, 1.82) is 0 Å². The van der Waals surface area contributed by atoms with Gasteiger partial charge in [-0.1, -0.05) is 0 Å². The molecule has 2 aromatic rings. The fraction of sp³-hybridized carbons (Fsp3) is 0.647. The number of likely N-dealkylation sites (tertiary alicyclic amines) is 2. The van der Waals surface area contributed by atoms with E-state index in [1.807, 2.05) is 4.90 Å². The molecule has 1 amide bonds. The summed E-state index contributed by atoms with van der Waals surface area (Å²) in [5.74, 6) is 0.0819. The number of nitrogens with one attached hydrogen (secondary N) is 1. The van der Waals surface area contributed by atoms with Crippen molar-refractivity contribution in [2.45, 2.75) is 44.6 Å². The third-order valence-corrected chi connectivity index (χ3v) is 5.41. The second-order valence-corrected chi connectivity index (χ2v) is 6.99. The van der Waals surface area contributed by atoms with E-state index in [0.717, 1.165) is 32.2 Å². The van der Waals surface area contributed by atoms with Crippen molar-refractivity contribution >= 4 is 11.7 Å². The molecule has 1 unspecified atom stereocenters.